The third-order valence-electron chi connectivity index (χ3n) is 3.95. The van der Waals surface area contributed by atoms with Crippen LogP contribution in [-0.4, -0.2) is 41.1 Å². The largest absolute Gasteiger partial charge is 0.391 e. The number of pyridine rings is 1. The molecular formula is C16H17BrN4O4S. The second-order valence-corrected chi connectivity index (χ2v) is 8.43. The average Bonchev–Trinajstić information content (AvgIpc) is 2.82. The van der Waals surface area contributed by atoms with Gasteiger partial charge in [0.15, 0.2) is 0 Å². The molecule has 2 aromatic heterocycles. The fourth-order valence-electron chi connectivity index (χ4n) is 2.69. The highest BCUT2D eigenvalue weighted by atomic mass is 79.9. The van der Waals surface area contributed by atoms with Crippen molar-refractivity contribution in [2.24, 2.45) is 7.05 Å². The predicted octanol–water partition coefficient (Wildman–Crippen LogP) is 1.49. The van der Waals surface area contributed by atoms with E-state index >= 15 is 0 Å². The lowest BCUT2D eigenvalue weighted by molar-refractivity contribution is 0.101. The number of carbonyl (C=O) groups is 1. The van der Waals surface area contributed by atoms with E-state index in [0.717, 1.165) is 0 Å². The zero-order chi connectivity index (χ0) is 19.1. The van der Waals surface area contributed by atoms with E-state index in [0.29, 0.717) is 10.3 Å². The number of halogens is 1. The van der Waals surface area contributed by atoms with E-state index < -0.39 is 28.1 Å². The molecule has 3 N–H and O–H groups in total. The molecule has 10 heteroatoms. The van der Waals surface area contributed by atoms with Gasteiger partial charge in [-0.25, -0.2) is 18.1 Å². The summed E-state index contributed by atoms with van der Waals surface area (Å²) in [6.45, 7) is 1.49. The number of nitrogens with zero attached hydrogens (tertiary/aromatic N) is 2. The lowest BCUT2D eigenvalue weighted by Gasteiger charge is -2.15. The first-order valence-electron chi connectivity index (χ1n) is 7.70. The minimum atomic E-state index is -3.88. The van der Waals surface area contributed by atoms with Crippen LogP contribution in [0.15, 0.2) is 40.1 Å². The molecule has 1 aliphatic heterocycles. The van der Waals surface area contributed by atoms with Crippen LogP contribution < -0.4 is 10.0 Å². The summed E-state index contributed by atoms with van der Waals surface area (Å²) in [7, 11) is -2.28. The number of sulfonamides is 1. The maximum atomic E-state index is 12.8. The normalized spacial score (nSPS) is 19.5. The van der Waals surface area contributed by atoms with E-state index in [2.05, 4.69) is 31.0 Å². The number of hydrogen-bond acceptors (Lipinski definition) is 5. The third-order valence-corrected chi connectivity index (χ3v) is 5.87. The summed E-state index contributed by atoms with van der Waals surface area (Å²) < 4.78 is 29.6. The smallest absolute Gasteiger partial charge is 0.272 e. The SMILES string of the molecule is C[C@H](O)C1C=Cc2c(cn(C)c2C(=O)Nc2ccnc(Br)c2)S(=O)(=O)N1. The highest BCUT2D eigenvalue weighted by Crippen LogP contribution is 2.27. The molecule has 2 atom stereocenters. The Labute approximate surface area is 159 Å². The van der Waals surface area contributed by atoms with Crippen molar-refractivity contribution in [1.82, 2.24) is 14.3 Å². The summed E-state index contributed by atoms with van der Waals surface area (Å²) in [6, 6.07) is 2.49. The minimum Gasteiger partial charge on any atom is -0.391 e. The summed E-state index contributed by atoms with van der Waals surface area (Å²) in [4.78, 5) is 16.7. The first-order valence-corrected chi connectivity index (χ1v) is 9.97. The van der Waals surface area contributed by atoms with Crippen molar-refractivity contribution in [2.75, 3.05) is 5.32 Å². The number of rotatable bonds is 3. The lowest BCUT2D eigenvalue weighted by atomic mass is 10.1. The summed E-state index contributed by atoms with van der Waals surface area (Å²) in [6.07, 6.45) is 5.08. The zero-order valence-corrected chi connectivity index (χ0v) is 16.4. The molecule has 0 radical (unpaired) electrons. The van der Waals surface area contributed by atoms with Gasteiger partial charge in [0.05, 0.1) is 12.1 Å². The molecule has 0 fully saturated rings. The summed E-state index contributed by atoms with van der Waals surface area (Å²) in [5.41, 5.74) is 0.988. The number of amides is 1. The van der Waals surface area contributed by atoms with Gasteiger partial charge in [0.1, 0.15) is 15.2 Å². The van der Waals surface area contributed by atoms with E-state index in [1.807, 2.05) is 0 Å². The molecule has 0 saturated carbocycles. The second-order valence-electron chi connectivity index (χ2n) is 5.93. The Morgan fingerprint density at radius 2 is 2.23 bits per heavy atom. The van der Waals surface area contributed by atoms with E-state index in [4.69, 9.17) is 0 Å². The van der Waals surface area contributed by atoms with Gasteiger partial charge in [-0.3, -0.25) is 4.79 Å². The Morgan fingerprint density at radius 1 is 1.50 bits per heavy atom. The number of hydrogen-bond donors (Lipinski definition) is 3. The van der Waals surface area contributed by atoms with Gasteiger partial charge in [-0.05, 0) is 35.0 Å². The van der Waals surface area contributed by atoms with Crippen molar-refractivity contribution in [3.05, 3.63) is 46.5 Å². The minimum absolute atomic E-state index is 0.0135. The maximum absolute atomic E-state index is 12.8. The molecule has 3 heterocycles. The average molecular weight is 441 g/mol. The lowest BCUT2D eigenvalue weighted by Crippen LogP contribution is -2.39. The van der Waals surface area contributed by atoms with Crippen molar-refractivity contribution in [2.45, 2.75) is 24.0 Å². The molecule has 3 rings (SSSR count). The molecule has 0 aliphatic carbocycles. The number of aliphatic hydroxyl groups is 1. The van der Waals surface area contributed by atoms with Gasteiger partial charge < -0.3 is 15.0 Å². The van der Waals surface area contributed by atoms with Gasteiger partial charge in [-0.1, -0.05) is 12.2 Å². The molecule has 1 aliphatic rings. The van der Waals surface area contributed by atoms with Crippen LogP contribution in [-0.2, 0) is 17.1 Å². The van der Waals surface area contributed by atoms with Crippen molar-refractivity contribution >= 4 is 43.6 Å². The maximum Gasteiger partial charge on any atom is 0.272 e. The quantitative estimate of drug-likeness (QED) is 0.625. The van der Waals surface area contributed by atoms with Crippen LogP contribution in [0.3, 0.4) is 0 Å². The molecule has 26 heavy (non-hydrogen) atoms. The predicted molar refractivity (Wildman–Crippen MR) is 100 cm³/mol. The molecule has 0 spiro atoms. The molecule has 1 unspecified atom stereocenters. The van der Waals surface area contributed by atoms with Gasteiger partial charge in [0.2, 0.25) is 10.0 Å². The van der Waals surface area contributed by atoms with Crippen LogP contribution in [0.4, 0.5) is 5.69 Å². The number of aliphatic hydroxyl groups excluding tert-OH is 1. The van der Waals surface area contributed by atoms with Crippen molar-refractivity contribution < 1.29 is 18.3 Å². The number of anilines is 1. The summed E-state index contributed by atoms with van der Waals surface area (Å²) >= 11 is 3.23. The molecule has 2 aromatic rings. The Kier molecular flexibility index (Phi) is 5.02. The van der Waals surface area contributed by atoms with E-state index in [9.17, 15) is 18.3 Å². The number of aryl methyl sites for hydroxylation is 1. The van der Waals surface area contributed by atoms with Gasteiger partial charge in [0.25, 0.3) is 5.91 Å². The highest BCUT2D eigenvalue weighted by molar-refractivity contribution is 9.10. The van der Waals surface area contributed by atoms with E-state index in [1.165, 1.54) is 30.0 Å². The van der Waals surface area contributed by atoms with Crippen LogP contribution in [0.1, 0.15) is 23.0 Å². The fraction of sp³-hybridized carbons (Fsp3) is 0.250. The zero-order valence-electron chi connectivity index (χ0n) is 14.0. The molecule has 0 bridgehead atoms. The Hall–Kier alpha value is -2.01. The van der Waals surface area contributed by atoms with Crippen molar-refractivity contribution in [1.29, 1.82) is 0 Å². The highest BCUT2D eigenvalue weighted by Gasteiger charge is 2.31. The van der Waals surface area contributed by atoms with Gasteiger partial charge in [0, 0.05) is 30.7 Å². The number of fused-ring (bicyclic) bond motifs is 1. The molecule has 1 amide bonds. The Bertz CT molecular complexity index is 998. The van der Waals surface area contributed by atoms with Gasteiger partial charge >= 0.3 is 0 Å². The van der Waals surface area contributed by atoms with Crippen LogP contribution in [0.5, 0.6) is 0 Å². The van der Waals surface area contributed by atoms with Crippen LogP contribution in [0.2, 0.25) is 0 Å². The summed E-state index contributed by atoms with van der Waals surface area (Å²) in [5, 5.41) is 12.5. The molecule has 8 nitrogen and oxygen atoms in total. The van der Waals surface area contributed by atoms with E-state index in [-0.39, 0.29) is 16.2 Å². The first-order chi connectivity index (χ1) is 12.2. The second kappa shape index (κ2) is 6.95. The summed E-state index contributed by atoms with van der Waals surface area (Å²) in [5.74, 6) is -0.456. The fourth-order valence-corrected chi connectivity index (χ4v) is 4.56. The topological polar surface area (TPSA) is 113 Å². The van der Waals surface area contributed by atoms with Crippen molar-refractivity contribution in [3.8, 4) is 0 Å². The molecule has 0 aromatic carbocycles. The van der Waals surface area contributed by atoms with Crippen LogP contribution >= 0.6 is 15.9 Å². The van der Waals surface area contributed by atoms with Crippen LogP contribution in [0.25, 0.3) is 6.08 Å². The van der Waals surface area contributed by atoms with Crippen molar-refractivity contribution in [3.63, 3.8) is 0 Å². The molecule has 138 valence electrons. The van der Waals surface area contributed by atoms with Gasteiger partial charge in [-0.2, -0.15) is 0 Å². The Morgan fingerprint density at radius 3 is 2.88 bits per heavy atom. The number of nitrogens with one attached hydrogen (secondary N) is 2. The van der Waals surface area contributed by atoms with Crippen LogP contribution in [0, 0.1) is 0 Å². The molecular weight excluding hydrogens is 424 g/mol. The third kappa shape index (κ3) is 3.58. The number of carbonyl (C=O) groups excluding carboxylic acids is 1. The Balaban J connectivity index is 2.04. The van der Waals surface area contributed by atoms with Gasteiger partial charge in [-0.15, -0.1) is 0 Å². The first kappa shape index (κ1) is 18.8. The monoisotopic (exact) mass is 440 g/mol. The molecule has 0 saturated heterocycles. The van der Waals surface area contributed by atoms with E-state index in [1.54, 1.807) is 25.3 Å². The standard InChI is InChI=1S/C16H17BrN4O4S/c1-9(22)12-4-3-11-13(26(24,25)20-12)8-21(2)15(11)16(23)19-10-5-6-18-14(17)7-10/h3-9,12,20,22H,1-2H3,(H,18,19,23)/t9-,12?/m0/s1. The number of aromatic nitrogens is 2.